The second-order valence-electron chi connectivity index (χ2n) is 3.68. The minimum absolute atomic E-state index is 0.583. The van der Waals surface area contributed by atoms with Crippen molar-refractivity contribution in [1.82, 2.24) is 0 Å². The molecule has 0 amide bonds. The van der Waals surface area contributed by atoms with Gasteiger partial charge in [0.05, 0.1) is 11.6 Å². The summed E-state index contributed by atoms with van der Waals surface area (Å²) < 4.78 is 6.74. The van der Waals surface area contributed by atoms with Crippen molar-refractivity contribution in [3.63, 3.8) is 0 Å². The van der Waals surface area contributed by atoms with E-state index >= 15 is 0 Å². The van der Waals surface area contributed by atoms with E-state index in [0.29, 0.717) is 11.6 Å². The number of unbranched alkanes of at least 4 members (excludes halogenated alkanes) is 1. The first-order valence-electron chi connectivity index (χ1n) is 5.27. The number of hydrogen-bond acceptors (Lipinski definition) is 2. The van der Waals surface area contributed by atoms with Crippen molar-refractivity contribution in [3.05, 3.63) is 28.2 Å². The van der Waals surface area contributed by atoms with Gasteiger partial charge in [-0.25, -0.2) is 0 Å². The Morgan fingerprint density at radius 3 is 2.81 bits per heavy atom. The van der Waals surface area contributed by atoms with Gasteiger partial charge in [0.25, 0.3) is 0 Å². The summed E-state index contributed by atoms with van der Waals surface area (Å²) in [5.41, 5.74) is 6.55. The van der Waals surface area contributed by atoms with Crippen molar-refractivity contribution in [3.8, 4) is 5.75 Å². The molecule has 0 aliphatic rings. The predicted octanol–water partition coefficient (Wildman–Crippen LogP) is 3.59. The summed E-state index contributed by atoms with van der Waals surface area (Å²) in [7, 11) is 0. The summed E-state index contributed by atoms with van der Waals surface area (Å²) in [5.74, 6) is 0.943. The summed E-state index contributed by atoms with van der Waals surface area (Å²) in [6.07, 6.45) is 2.77. The van der Waals surface area contributed by atoms with Crippen molar-refractivity contribution in [2.45, 2.75) is 26.2 Å². The fourth-order valence-corrected chi connectivity index (χ4v) is 1.98. The third-order valence-corrected chi connectivity index (χ3v) is 2.91. The van der Waals surface area contributed by atoms with Crippen LogP contribution in [0.25, 0.3) is 0 Å². The zero-order valence-electron chi connectivity index (χ0n) is 9.33. The van der Waals surface area contributed by atoms with Crippen molar-refractivity contribution >= 4 is 33.1 Å². The molecule has 1 rings (SSSR count). The van der Waals surface area contributed by atoms with Crippen LogP contribution in [0.5, 0.6) is 5.75 Å². The Morgan fingerprint density at radius 2 is 2.19 bits per heavy atom. The van der Waals surface area contributed by atoms with Crippen molar-refractivity contribution < 1.29 is 4.74 Å². The van der Waals surface area contributed by atoms with E-state index in [0.717, 1.165) is 35.0 Å². The van der Waals surface area contributed by atoms with Crippen LogP contribution in [0.2, 0.25) is 0 Å². The number of nitrogens with two attached hydrogens (primary N) is 1. The van der Waals surface area contributed by atoms with Gasteiger partial charge in [0.2, 0.25) is 0 Å². The highest BCUT2D eigenvalue weighted by molar-refractivity contribution is 9.10. The summed E-state index contributed by atoms with van der Waals surface area (Å²) in [6.45, 7) is 2.75. The molecule has 0 spiro atoms. The van der Waals surface area contributed by atoms with Crippen LogP contribution in [0.4, 0.5) is 0 Å². The highest BCUT2D eigenvalue weighted by atomic mass is 79.9. The minimum atomic E-state index is 0.583. The van der Waals surface area contributed by atoms with Crippen LogP contribution in [0.15, 0.2) is 22.7 Å². The Balaban J connectivity index is 2.29. The highest BCUT2D eigenvalue weighted by Gasteiger charge is 1.99. The molecule has 0 unspecified atom stereocenters. The summed E-state index contributed by atoms with van der Waals surface area (Å²) >= 11 is 8.23. The van der Waals surface area contributed by atoms with Gasteiger partial charge < -0.3 is 10.5 Å². The first-order chi connectivity index (χ1) is 7.59. The molecule has 0 atom stereocenters. The zero-order chi connectivity index (χ0) is 12.0. The highest BCUT2D eigenvalue weighted by Crippen LogP contribution is 2.22. The van der Waals surface area contributed by atoms with Crippen LogP contribution in [0.1, 0.15) is 24.8 Å². The molecule has 0 saturated heterocycles. The molecule has 2 N–H and O–H groups in total. The number of rotatable bonds is 6. The maximum atomic E-state index is 5.67. The third kappa shape index (κ3) is 4.94. The summed E-state index contributed by atoms with van der Waals surface area (Å²) in [5, 5.41) is 0. The van der Waals surface area contributed by atoms with E-state index in [1.807, 2.05) is 25.1 Å². The molecule has 16 heavy (non-hydrogen) atoms. The second-order valence-corrected chi connectivity index (χ2v) is 5.12. The van der Waals surface area contributed by atoms with E-state index in [4.69, 9.17) is 22.7 Å². The molecule has 0 fully saturated rings. The molecular formula is C12H16BrNOS. The molecule has 0 aliphatic heterocycles. The van der Waals surface area contributed by atoms with Crippen molar-refractivity contribution in [2.24, 2.45) is 5.73 Å². The predicted molar refractivity (Wildman–Crippen MR) is 75.0 cm³/mol. The van der Waals surface area contributed by atoms with E-state index in [2.05, 4.69) is 15.9 Å². The molecule has 0 radical (unpaired) electrons. The van der Waals surface area contributed by atoms with Crippen molar-refractivity contribution in [1.29, 1.82) is 0 Å². The molecule has 0 heterocycles. The summed E-state index contributed by atoms with van der Waals surface area (Å²) in [6, 6.07) is 6.01. The smallest absolute Gasteiger partial charge is 0.122 e. The number of thiocarbonyl (C=S) groups is 1. The number of benzene rings is 1. The minimum Gasteiger partial charge on any atom is -0.493 e. The molecule has 1 aromatic rings. The Bertz CT molecular complexity index is 368. The first kappa shape index (κ1) is 13.5. The Kier molecular flexibility index (Phi) is 5.77. The maximum absolute atomic E-state index is 5.67. The molecule has 0 saturated carbocycles. The molecule has 88 valence electrons. The SMILES string of the molecule is Cc1cc(Br)ccc1OCCCCC(N)=S. The molecule has 0 aromatic heterocycles. The van der Waals surface area contributed by atoms with E-state index in [-0.39, 0.29) is 0 Å². The normalized spacial score (nSPS) is 10.1. The quantitative estimate of drug-likeness (QED) is 0.644. The Hall–Kier alpha value is -0.610. The average Bonchev–Trinajstić information content (AvgIpc) is 2.20. The van der Waals surface area contributed by atoms with E-state index < -0.39 is 0 Å². The van der Waals surface area contributed by atoms with Crippen molar-refractivity contribution in [2.75, 3.05) is 6.61 Å². The third-order valence-electron chi connectivity index (χ3n) is 2.21. The number of halogens is 1. The second kappa shape index (κ2) is 6.86. The monoisotopic (exact) mass is 301 g/mol. The fourth-order valence-electron chi connectivity index (χ4n) is 1.36. The molecule has 4 heteroatoms. The first-order valence-corrected chi connectivity index (χ1v) is 6.47. The Labute approximate surface area is 110 Å². The lowest BCUT2D eigenvalue weighted by Gasteiger charge is -2.09. The van der Waals surface area contributed by atoms with Gasteiger partial charge in [0, 0.05) is 4.47 Å². The van der Waals surface area contributed by atoms with Crippen LogP contribution in [0.3, 0.4) is 0 Å². The van der Waals surface area contributed by atoms with E-state index in [1.54, 1.807) is 0 Å². The average molecular weight is 302 g/mol. The largest absolute Gasteiger partial charge is 0.493 e. The van der Waals surface area contributed by atoms with Crippen LogP contribution in [-0.2, 0) is 0 Å². The van der Waals surface area contributed by atoms with E-state index in [1.165, 1.54) is 0 Å². The lowest BCUT2D eigenvalue weighted by Crippen LogP contribution is -2.08. The van der Waals surface area contributed by atoms with Gasteiger partial charge in [-0.3, -0.25) is 0 Å². The fraction of sp³-hybridized carbons (Fsp3) is 0.417. The number of hydrogen-bond donors (Lipinski definition) is 1. The molecule has 0 bridgehead atoms. The lowest BCUT2D eigenvalue weighted by molar-refractivity contribution is 0.306. The van der Waals surface area contributed by atoms with Crippen LogP contribution in [-0.4, -0.2) is 11.6 Å². The lowest BCUT2D eigenvalue weighted by atomic mass is 10.2. The van der Waals surface area contributed by atoms with Gasteiger partial charge in [0.15, 0.2) is 0 Å². The zero-order valence-corrected chi connectivity index (χ0v) is 11.7. The van der Waals surface area contributed by atoms with Gasteiger partial charge in [-0.15, -0.1) is 0 Å². The standard InChI is InChI=1S/C12H16BrNOS/c1-9-8-10(13)5-6-11(9)15-7-3-2-4-12(14)16/h5-6,8H,2-4,7H2,1H3,(H2,14,16). The van der Waals surface area contributed by atoms with Crippen LogP contribution >= 0.6 is 28.1 Å². The molecule has 2 nitrogen and oxygen atoms in total. The van der Waals surface area contributed by atoms with Gasteiger partial charge in [0.1, 0.15) is 5.75 Å². The molecular weight excluding hydrogens is 286 g/mol. The van der Waals surface area contributed by atoms with Crippen LogP contribution in [0, 0.1) is 6.92 Å². The topological polar surface area (TPSA) is 35.2 Å². The number of aryl methyl sites for hydroxylation is 1. The van der Waals surface area contributed by atoms with Gasteiger partial charge in [-0.2, -0.15) is 0 Å². The molecule has 1 aromatic carbocycles. The van der Waals surface area contributed by atoms with Gasteiger partial charge in [-0.05, 0) is 49.9 Å². The molecule has 0 aliphatic carbocycles. The summed E-state index contributed by atoms with van der Waals surface area (Å²) in [4.78, 5) is 0.583. The van der Waals surface area contributed by atoms with Gasteiger partial charge in [-0.1, -0.05) is 28.1 Å². The van der Waals surface area contributed by atoms with Crippen LogP contribution < -0.4 is 10.5 Å². The Morgan fingerprint density at radius 1 is 1.44 bits per heavy atom. The van der Waals surface area contributed by atoms with Gasteiger partial charge >= 0.3 is 0 Å². The maximum Gasteiger partial charge on any atom is 0.122 e. The van der Waals surface area contributed by atoms with E-state index in [9.17, 15) is 0 Å². The number of ether oxygens (including phenoxy) is 1.